The zero-order chi connectivity index (χ0) is 55.0. The third-order valence-corrected chi connectivity index (χ3v) is 27.6. The van der Waals surface area contributed by atoms with E-state index < -0.39 is 103 Å². The highest BCUT2D eigenvalue weighted by atomic mass is 31.2. The first kappa shape index (κ1) is 63.6. The average molecular weight is 1080 g/mol. The first-order valence-corrected chi connectivity index (χ1v) is 33.1. The number of likely N-dealkylation sites (N-methyl/N-ethyl adjacent to an activating group) is 1. The first-order chi connectivity index (χ1) is 35.4. The molecule has 3 saturated carbocycles. The number of carbonyl (C=O) groups excluding carboxylic acids is 1. The molecule has 3 heterocycles. The lowest BCUT2D eigenvalue weighted by Gasteiger charge is -2.51. The minimum absolute atomic E-state index is 0.117. The Hall–Kier alpha value is -0.540. The summed E-state index contributed by atoms with van der Waals surface area (Å²) in [6, 6.07) is -0.763. The van der Waals surface area contributed by atoms with E-state index in [0.717, 1.165) is 29.8 Å². The largest absolute Gasteiger partial charge is 0.459 e. The zero-order valence-corrected chi connectivity index (χ0v) is 50.7. The van der Waals surface area contributed by atoms with Gasteiger partial charge in [-0.2, -0.15) is 0 Å². The molecular weight excluding hydrogens is 968 g/mol. The van der Waals surface area contributed by atoms with Crippen LogP contribution in [0.4, 0.5) is 0 Å². The van der Waals surface area contributed by atoms with E-state index in [1.807, 2.05) is 53.6 Å². The van der Waals surface area contributed by atoms with Crippen molar-refractivity contribution < 1.29 is 54.0 Å². The van der Waals surface area contributed by atoms with Crippen LogP contribution in [-0.2, 0) is 28.5 Å². The Balaban J connectivity index is 1.29. The highest BCUT2D eigenvalue weighted by molar-refractivity contribution is 7.77. The molecule has 3 saturated heterocycles. The molecule has 0 aromatic rings. The summed E-state index contributed by atoms with van der Waals surface area (Å²) >= 11 is 0. The van der Waals surface area contributed by atoms with E-state index in [2.05, 4.69) is 11.8 Å². The smallest absolute Gasteiger partial charge is 0.309 e. The standard InChI is InChI=1S/C61H114N2O11P/c1-14-51-61(10,69)54(65)44(6)63(34-26-15-16-27-35-75(46-28-20-17-21-29-46,47-30-22-18-23-31-47)48-32-24-19-25-33-48)39-40(2)37-59(8,68)56(74-58-53(64)49(62(11)12)36-41(3)71-58)42(4)52(43(5)57(67)73-51)50-38-60(9,70-13)55(66)45(7)72-50/h40-56,58,64-66,68-69H,14-39H2,1-13H3/q+1/t40-,41-,42+,43-,44-,45+,49+,50?,51-,52+,53-,54-,55+,56-,58+,59-,60-,61-/m1/s1. The monoisotopic (exact) mass is 1080 g/mol. The highest BCUT2D eigenvalue weighted by Crippen LogP contribution is 2.77. The predicted molar refractivity (Wildman–Crippen MR) is 303 cm³/mol. The van der Waals surface area contributed by atoms with Crippen molar-refractivity contribution in [1.82, 2.24) is 9.80 Å². The van der Waals surface area contributed by atoms with Crippen molar-refractivity contribution in [1.29, 1.82) is 0 Å². The average Bonchev–Trinajstić information content (AvgIpc) is 3.38. The third-order valence-electron chi connectivity index (χ3n) is 20.9. The van der Waals surface area contributed by atoms with E-state index >= 15 is 0 Å². The lowest BCUT2D eigenvalue weighted by molar-refractivity contribution is -0.302. The molecule has 6 rings (SSSR count). The van der Waals surface area contributed by atoms with Gasteiger partial charge in [0.1, 0.15) is 30.0 Å². The summed E-state index contributed by atoms with van der Waals surface area (Å²) in [6.45, 7) is 20.0. The summed E-state index contributed by atoms with van der Waals surface area (Å²) in [5.74, 6) is -2.86. The molecular formula is C61H114N2O11P+. The molecule has 1 unspecified atom stereocenters. The summed E-state index contributed by atoms with van der Waals surface area (Å²) < 4.78 is 32.5. The van der Waals surface area contributed by atoms with Gasteiger partial charge in [0, 0.05) is 45.3 Å². The number of esters is 1. The maximum Gasteiger partial charge on any atom is 0.309 e. The van der Waals surface area contributed by atoms with Crippen LogP contribution in [0.3, 0.4) is 0 Å². The number of nitrogens with zero attached hydrogens (tertiary/aromatic N) is 2. The summed E-state index contributed by atoms with van der Waals surface area (Å²) in [5.41, 5.74) is -1.37. The van der Waals surface area contributed by atoms with Gasteiger partial charge in [-0.05, 0) is 190 Å². The minimum atomic E-state index is -1.80. The van der Waals surface area contributed by atoms with Crippen LogP contribution < -0.4 is 0 Å². The second kappa shape index (κ2) is 28.0. The number of rotatable bonds is 16. The van der Waals surface area contributed by atoms with Crippen LogP contribution in [0.1, 0.15) is 217 Å². The quantitative estimate of drug-likeness (QED) is 0.0563. The number of ether oxygens (including phenoxy) is 5. The van der Waals surface area contributed by atoms with Gasteiger partial charge < -0.3 is 54.1 Å². The Labute approximate surface area is 457 Å². The normalized spacial score (nSPS) is 42.8. The molecule has 0 bridgehead atoms. The molecule has 5 N–H and O–H groups in total. The Kier molecular flexibility index (Phi) is 23.7. The van der Waals surface area contributed by atoms with Crippen molar-refractivity contribution in [2.24, 2.45) is 23.7 Å². The van der Waals surface area contributed by atoms with Crippen LogP contribution in [0.25, 0.3) is 0 Å². The van der Waals surface area contributed by atoms with E-state index in [-0.39, 0.29) is 30.9 Å². The van der Waals surface area contributed by atoms with Crippen LogP contribution in [-0.4, -0.2) is 183 Å². The van der Waals surface area contributed by atoms with Crippen LogP contribution in [0.5, 0.6) is 0 Å². The Morgan fingerprint density at radius 3 is 1.81 bits per heavy atom. The molecule has 14 heteroatoms. The van der Waals surface area contributed by atoms with Gasteiger partial charge in [0.05, 0.1) is 64.7 Å². The van der Waals surface area contributed by atoms with Gasteiger partial charge >= 0.3 is 5.97 Å². The van der Waals surface area contributed by atoms with Gasteiger partial charge in [0.25, 0.3) is 0 Å². The lowest BCUT2D eigenvalue weighted by Crippen LogP contribution is -2.61. The first-order valence-electron chi connectivity index (χ1n) is 30.9. The molecule has 75 heavy (non-hydrogen) atoms. The topological polar surface area (TPSA) is 171 Å². The van der Waals surface area contributed by atoms with Crippen molar-refractivity contribution in [3.05, 3.63) is 0 Å². The second-order valence-corrected chi connectivity index (χ2v) is 31.4. The van der Waals surface area contributed by atoms with Crippen molar-refractivity contribution in [2.45, 2.75) is 318 Å². The fraction of sp³-hybridized carbons (Fsp3) is 0.984. The van der Waals surface area contributed by atoms with Crippen LogP contribution in [0.15, 0.2) is 0 Å². The number of methoxy groups -OCH3 is 1. The molecule has 3 aliphatic carbocycles. The molecule has 0 radical (unpaired) electrons. The maximum atomic E-state index is 14.9. The zero-order valence-electron chi connectivity index (χ0n) is 49.8. The predicted octanol–water partition coefficient (Wildman–Crippen LogP) is 10.1. The SMILES string of the molecule is CC[C@H]1OC(=O)[C@H](C)[C@@H](C2C[C@@](C)(OC)[C@@H](O)[C@H](C)O2)[C@H](C)[C@@H](O[C@@H]2O[C@H](C)C[C@H](N(C)C)[C@H]2O)[C@](C)(O)C[C@@H](C)CN(CCCCCC[P+](C2CCCCC2)(C2CCCCC2)C2CCCCC2)[C@H](C)[C@@H](O)[C@]1(C)O. The minimum Gasteiger partial charge on any atom is -0.459 e. The van der Waals surface area contributed by atoms with Crippen LogP contribution >= 0.6 is 7.26 Å². The van der Waals surface area contributed by atoms with E-state index in [1.54, 1.807) is 34.8 Å². The molecule has 6 fully saturated rings. The van der Waals surface area contributed by atoms with Gasteiger partial charge in [0.15, 0.2) is 6.29 Å². The molecule has 13 nitrogen and oxygen atoms in total. The molecule has 6 aliphatic rings. The van der Waals surface area contributed by atoms with Gasteiger partial charge in [-0.1, -0.05) is 53.4 Å². The van der Waals surface area contributed by atoms with Crippen molar-refractivity contribution in [3.63, 3.8) is 0 Å². The molecule has 0 aromatic carbocycles. The Morgan fingerprint density at radius 1 is 0.747 bits per heavy atom. The van der Waals surface area contributed by atoms with Crippen LogP contribution in [0.2, 0.25) is 0 Å². The number of cyclic esters (lactones) is 1. The number of aliphatic hydroxyl groups excluding tert-OH is 3. The van der Waals surface area contributed by atoms with E-state index in [0.29, 0.717) is 25.9 Å². The molecule has 18 atom stereocenters. The van der Waals surface area contributed by atoms with Crippen molar-refractivity contribution in [2.75, 3.05) is 40.5 Å². The summed E-state index contributed by atoms with van der Waals surface area (Å²) in [6.07, 6.45) is 21.3. The summed E-state index contributed by atoms with van der Waals surface area (Å²) in [7, 11) is 4.29. The summed E-state index contributed by atoms with van der Waals surface area (Å²) in [4.78, 5) is 19.2. The van der Waals surface area contributed by atoms with E-state index in [9.17, 15) is 30.3 Å². The fourth-order valence-corrected chi connectivity index (χ4v) is 24.3. The van der Waals surface area contributed by atoms with E-state index in [1.165, 1.54) is 115 Å². The lowest BCUT2D eigenvalue weighted by atomic mass is 9.68. The van der Waals surface area contributed by atoms with Crippen LogP contribution in [0, 0.1) is 23.7 Å². The number of hydrogen-bond donors (Lipinski definition) is 5. The number of unbranched alkanes of at least 4 members (excludes halogenated alkanes) is 3. The second-order valence-electron chi connectivity index (χ2n) is 26.8. The number of aliphatic hydroxyl groups is 5. The van der Waals surface area contributed by atoms with Gasteiger partial charge in [-0.25, -0.2) is 0 Å². The third kappa shape index (κ3) is 14.9. The highest BCUT2D eigenvalue weighted by Gasteiger charge is 2.58. The Morgan fingerprint density at radius 2 is 1.29 bits per heavy atom. The van der Waals surface area contributed by atoms with Gasteiger partial charge in [-0.3, -0.25) is 9.69 Å². The molecule has 0 spiro atoms. The fourth-order valence-electron chi connectivity index (χ4n) is 16.6. The molecule has 438 valence electrons. The molecule has 0 amide bonds. The van der Waals surface area contributed by atoms with Gasteiger partial charge in [0.2, 0.25) is 0 Å². The van der Waals surface area contributed by atoms with Gasteiger partial charge in [-0.15, -0.1) is 0 Å². The molecule has 3 aliphatic heterocycles. The molecule has 0 aromatic heterocycles. The summed E-state index contributed by atoms with van der Waals surface area (Å²) in [5, 5.41) is 61.4. The maximum absolute atomic E-state index is 14.9. The van der Waals surface area contributed by atoms with Crippen molar-refractivity contribution >= 4 is 13.2 Å². The van der Waals surface area contributed by atoms with Crippen molar-refractivity contribution in [3.8, 4) is 0 Å². The number of carbonyl (C=O) groups is 1. The Bertz CT molecular complexity index is 1660. The number of hydrogen-bond acceptors (Lipinski definition) is 13. The van der Waals surface area contributed by atoms with E-state index in [4.69, 9.17) is 23.7 Å².